The highest BCUT2D eigenvalue weighted by Crippen LogP contribution is 2.24. The van der Waals surface area contributed by atoms with E-state index < -0.39 is 0 Å². The van der Waals surface area contributed by atoms with Crippen LogP contribution in [0.4, 0.5) is 0 Å². The van der Waals surface area contributed by atoms with Crippen molar-refractivity contribution >= 4 is 0 Å². The molecule has 0 amide bonds. The van der Waals surface area contributed by atoms with E-state index in [9.17, 15) is 0 Å². The summed E-state index contributed by atoms with van der Waals surface area (Å²) >= 11 is 0. The van der Waals surface area contributed by atoms with Gasteiger partial charge in [-0.05, 0) is 12.8 Å². The van der Waals surface area contributed by atoms with Crippen molar-refractivity contribution in [3.8, 4) is 0 Å². The molecule has 0 saturated carbocycles. The smallest absolute Gasteiger partial charge is 0.153 e. The quantitative estimate of drug-likeness (QED) is 0.731. The summed E-state index contributed by atoms with van der Waals surface area (Å²) in [5, 5.41) is 13.1. The minimum absolute atomic E-state index is 0.137. The summed E-state index contributed by atoms with van der Waals surface area (Å²) in [5.74, 6) is 2.40. The number of hydrogen-bond acceptors (Lipinski definition) is 3. The number of nitrogens with zero attached hydrogens (tertiary/aromatic N) is 3. The molecule has 0 aliphatic carbocycles. The Morgan fingerprint density at radius 2 is 2.46 bits per heavy atom. The van der Waals surface area contributed by atoms with Crippen LogP contribution in [0.25, 0.3) is 0 Å². The molecular weight excluding hydrogens is 166 g/mol. The van der Waals surface area contributed by atoms with Crippen molar-refractivity contribution in [2.24, 2.45) is 0 Å². The van der Waals surface area contributed by atoms with Gasteiger partial charge in [-0.15, -0.1) is 0 Å². The van der Waals surface area contributed by atoms with Gasteiger partial charge in [0, 0.05) is 18.9 Å². The Labute approximate surface area is 77.6 Å². The van der Waals surface area contributed by atoms with E-state index in [4.69, 9.17) is 5.11 Å². The number of fused-ring (bicyclic) bond motifs is 1. The van der Waals surface area contributed by atoms with Gasteiger partial charge in [-0.1, -0.05) is 6.92 Å². The minimum Gasteiger partial charge on any atom is -0.396 e. The maximum Gasteiger partial charge on any atom is 0.153 e. The highest BCUT2D eigenvalue weighted by atomic mass is 16.3. The molecule has 1 aromatic heterocycles. The molecule has 0 radical (unpaired) electrons. The molecule has 1 aliphatic heterocycles. The van der Waals surface area contributed by atoms with Gasteiger partial charge in [0.1, 0.15) is 5.82 Å². The van der Waals surface area contributed by atoms with Gasteiger partial charge in [0.05, 0.1) is 6.61 Å². The highest BCUT2D eigenvalue weighted by Gasteiger charge is 2.19. The lowest BCUT2D eigenvalue weighted by atomic mass is 10.0. The minimum atomic E-state index is 0.137. The monoisotopic (exact) mass is 181 g/mol. The molecule has 0 spiro atoms. The van der Waals surface area contributed by atoms with Crippen molar-refractivity contribution in [1.82, 2.24) is 14.8 Å². The summed E-state index contributed by atoms with van der Waals surface area (Å²) in [6, 6.07) is 0. The van der Waals surface area contributed by atoms with Crippen LogP contribution in [-0.4, -0.2) is 26.5 Å². The van der Waals surface area contributed by atoms with E-state index in [-0.39, 0.29) is 6.61 Å². The average Bonchev–Trinajstić information content (AvgIpc) is 2.49. The molecule has 1 aliphatic rings. The molecule has 1 N–H and O–H groups in total. The highest BCUT2D eigenvalue weighted by molar-refractivity contribution is 5.01. The normalized spacial score (nSPS) is 21.5. The molecule has 2 heterocycles. The Bertz CT molecular complexity index is 295. The summed E-state index contributed by atoms with van der Waals surface area (Å²) in [5.41, 5.74) is 0. The SMILES string of the molecule is CC1CCCn2nc(CCO)nc21. The van der Waals surface area contributed by atoms with Gasteiger partial charge >= 0.3 is 0 Å². The summed E-state index contributed by atoms with van der Waals surface area (Å²) in [6.45, 7) is 3.30. The van der Waals surface area contributed by atoms with Crippen molar-refractivity contribution in [3.63, 3.8) is 0 Å². The zero-order valence-electron chi connectivity index (χ0n) is 7.90. The van der Waals surface area contributed by atoms with Crippen LogP contribution in [0.1, 0.15) is 37.3 Å². The fourth-order valence-corrected chi connectivity index (χ4v) is 1.81. The second-order valence-corrected chi connectivity index (χ2v) is 3.63. The van der Waals surface area contributed by atoms with Crippen LogP contribution in [0, 0.1) is 0 Å². The standard InChI is InChI=1S/C9H15N3O/c1-7-3-2-5-12-9(7)10-8(11-12)4-6-13/h7,13H,2-6H2,1H3. The number of aromatic nitrogens is 3. The van der Waals surface area contributed by atoms with Crippen molar-refractivity contribution in [2.45, 2.75) is 38.6 Å². The van der Waals surface area contributed by atoms with Crippen LogP contribution in [0.5, 0.6) is 0 Å². The van der Waals surface area contributed by atoms with Crippen LogP contribution in [-0.2, 0) is 13.0 Å². The number of aliphatic hydroxyl groups is 1. The zero-order chi connectivity index (χ0) is 9.26. The van der Waals surface area contributed by atoms with E-state index in [1.165, 1.54) is 12.8 Å². The Kier molecular flexibility index (Phi) is 2.31. The molecule has 4 nitrogen and oxygen atoms in total. The third kappa shape index (κ3) is 1.58. The molecule has 72 valence electrons. The van der Waals surface area contributed by atoms with E-state index in [2.05, 4.69) is 17.0 Å². The number of aryl methyl sites for hydroxylation is 1. The summed E-state index contributed by atoms with van der Waals surface area (Å²) in [7, 11) is 0. The second kappa shape index (κ2) is 3.46. The van der Waals surface area contributed by atoms with Crippen LogP contribution >= 0.6 is 0 Å². The van der Waals surface area contributed by atoms with Crippen molar-refractivity contribution < 1.29 is 5.11 Å². The van der Waals surface area contributed by atoms with E-state index in [0.29, 0.717) is 12.3 Å². The van der Waals surface area contributed by atoms with Gasteiger partial charge < -0.3 is 5.11 Å². The first-order valence-corrected chi connectivity index (χ1v) is 4.85. The predicted octanol–water partition coefficient (Wildman–Crippen LogP) is 0.710. The summed E-state index contributed by atoms with van der Waals surface area (Å²) in [6.07, 6.45) is 2.97. The van der Waals surface area contributed by atoms with Gasteiger partial charge in [0.25, 0.3) is 0 Å². The molecule has 0 bridgehead atoms. The Morgan fingerprint density at radius 1 is 1.62 bits per heavy atom. The molecule has 0 fully saturated rings. The maximum atomic E-state index is 8.76. The number of rotatable bonds is 2. The Balaban J connectivity index is 2.25. The third-order valence-corrected chi connectivity index (χ3v) is 2.53. The topological polar surface area (TPSA) is 50.9 Å². The Hall–Kier alpha value is -0.900. The first-order valence-electron chi connectivity index (χ1n) is 4.85. The molecule has 13 heavy (non-hydrogen) atoms. The van der Waals surface area contributed by atoms with Crippen LogP contribution in [0.15, 0.2) is 0 Å². The van der Waals surface area contributed by atoms with Gasteiger partial charge in [-0.3, -0.25) is 0 Å². The molecule has 0 saturated heterocycles. The molecule has 1 unspecified atom stereocenters. The molecule has 1 aromatic rings. The van der Waals surface area contributed by atoms with Gasteiger partial charge in [0.15, 0.2) is 5.82 Å². The molecule has 0 aromatic carbocycles. The van der Waals surface area contributed by atoms with E-state index in [0.717, 1.165) is 18.2 Å². The van der Waals surface area contributed by atoms with Crippen LogP contribution in [0.2, 0.25) is 0 Å². The van der Waals surface area contributed by atoms with Gasteiger partial charge in [0.2, 0.25) is 0 Å². The van der Waals surface area contributed by atoms with Crippen molar-refractivity contribution in [1.29, 1.82) is 0 Å². The first-order chi connectivity index (χ1) is 6.31. The first kappa shape index (κ1) is 8.69. The molecular formula is C9H15N3O. The lowest BCUT2D eigenvalue weighted by Crippen LogP contribution is -2.14. The van der Waals surface area contributed by atoms with E-state index >= 15 is 0 Å². The largest absolute Gasteiger partial charge is 0.396 e. The summed E-state index contributed by atoms with van der Waals surface area (Å²) < 4.78 is 1.99. The average molecular weight is 181 g/mol. The van der Waals surface area contributed by atoms with E-state index in [1.54, 1.807) is 0 Å². The molecule has 2 rings (SSSR count). The zero-order valence-corrected chi connectivity index (χ0v) is 7.90. The van der Waals surface area contributed by atoms with Crippen molar-refractivity contribution in [2.75, 3.05) is 6.61 Å². The number of aliphatic hydroxyl groups excluding tert-OH is 1. The van der Waals surface area contributed by atoms with Gasteiger partial charge in [-0.25, -0.2) is 9.67 Å². The lowest BCUT2D eigenvalue weighted by Gasteiger charge is -2.17. The van der Waals surface area contributed by atoms with E-state index in [1.807, 2.05) is 4.68 Å². The maximum absolute atomic E-state index is 8.76. The lowest BCUT2D eigenvalue weighted by molar-refractivity contribution is 0.296. The molecule has 4 heteroatoms. The number of hydrogen-bond donors (Lipinski definition) is 1. The van der Waals surface area contributed by atoms with Gasteiger partial charge in [-0.2, -0.15) is 5.10 Å². The fourth-order valence-electron chi connectivity index (χ4n) is 1.81. The third-order valence-electron chi connectivity index (χ3n) is 2.53. The van der Waals surface area contributed by atoms with Crippen LogP contribution < -0.4 is 0 Å². The van der Waals surface area contributed by atoms with Crippen LogP contribution in [0.3, 0.4) is 0 Å². The van der Waals surface area contributed by atoms with Crippen molar-refractivity contribution in [3.05, 3.63) is 11.6 Å². The molecule has 1 atom stereocenters. The fraction of sp³-hybridized carbons (Fsp3) is 0.778. The Morgan fingerprint density at radius 3 is 3.15 bits per heavy atom. The predicted molar refractivity (Wildman–Crippen MR) is 48.5 cm³/mol. The second-order valence-electron chi connectivity index (χ2n) is 3.63. The summed E-state index contributed by atoms with van der Waals surface area (Å²) in [4.78, 5) is 4.41.